The Morgan fingerprint density at radius 1 is 0.800 bits per heavy atom. The van der Waals surface area contributed by atoms with Gasteiger partial charge in [-0.2, -0.15) is 10.2 Å². The van der Waals surface area contributed by atoms with E-state index in [0.717, 1.165) is 126 Å². The molecule has 6 aromatic rings. The number of allylic oxidation sites excluding steroid dienone is 1. The summed E-state index contributed by atoms with van der Waals surface area (Å²) in [6.45, 7) is 12.5. The number of imidazole rings is 3. The second-order valence-corrected chi connectivity index (χ2v) is 18.2. The molecule has 0 bridgehead atoms. The summed E-state index contributed by atoms with van der Waals surface area (Å²) >= 11 is 5.66. The molecule has 4 saturated heterocycles. The third-order valence-corrected chi connectivity index (χ3v) is 13.7. The number of nitrogens with one attached hydrogen (secondary N) is 3. The van der Waals surface area contributed by atoms with E-state index >= 15 is 0 Å². The zero-order valence-corrected chi connectivity index (χ0v) is 37.4. The summed E-state index contributed by atoms with van der Waals surface area (Å²) in [5, 5.41) is 13.0. The number of alkyl halides is 1. The highest BCUT2D eigenvalue weighted by molar-refractivity contribution is 6.18. The molecular formula is C44H55ClN16O4. The van der Waals surface area contributed by atoms with E-state index in [-0.39, 0.29) is 34.9 Å². The number of aromatic nitrogens is 11. The molecular weight excluding hydrogens is 852 g/mol. The summed E-state index contributed by atoms with van der Waals surface area (Å²) in [6.07, 6.45) is 18.3. The number of nitrogens with zero attached hydrogens (tertiary/aromatic N) is 13. The molecule has 5 unspecified atom stereocenters. The largest absolute Gasteiger partial charge is 0.381 e. The molecule has 0 aromatic carbocycles. The molecule has 5 atom stereocenters. The summed E-state index contributed by atoms with van der Waals surface area (Å²) in [5.41, 5.74) is 1.80. The minimum atomic E-state index is -0.127. The van der Waals surface area contributed by atoms with Crippen LogP contribution >= 0.6 is 11.6 Å². The van der Waals surface area contributed by atoms with Crippen molar-refractivity contribution in [2.45, 2.75) is 75.8 Å². The zero-order valence-electron chi connectivity index (χ0n) is 36.7. The molecule has 0 radical (unpaired) electrons. The Morgan fingerprint density at radius 3 is 2.06 bits per heavy atom. The van der Waals surface area contributed by atoms with Gasteiger partial charge in [0.2, 0.25) is 11.7 Å². The van der Waals surface area contributed by atoms with Crippen LogP contribution in [0.15, 0.2) is 68.9 Å². The van der Waals surface area contributed by atoms with Gasteiger partial charge >= 0.3 is 0 Å². The number of hydrogen-bond donors (Lipinski definition) is 3. The van der Waals surface area contributed by atoms with Gasteiger partial charge in [0.25, 0.3) is 11.1 Å². The Kier molecular flexibility index (Phi) is 12.7. The van der Waals surface area contributed by atoms with Crippen LogP contribution in [0.3, 0.4) is 0 Å². The van der Waals surface area contributed by atoms with Gasteiger partial charge in [-0.05, 0) is 56.2 Å². The van der Waals surface area contributed by atoms with Gasteiger partial charge in [0, 0.05) is 120 Å². The molecule has 21 heteroatoms. The van der Waals surface area contributed by atoms with Gasteiger partial charge in [-0.3, -0.25) is 18.9 Å². The number of ether oxygens (including phenoxy) is 2. The molecule has 3 N–H and O–H groups in total. The van der Waals surface area contributed by atoms with Crippen molar-refractivity contribution in [3.05, 3.63) is 99.0 Å². The van der Waals surface area contributed by atoms with E-state index in [0.29, 0.717) is 40.4 Å². The fourth-order valence-corrected chi connectivity index (χ4v) is 9.91. The number of H-pyrrole nitrogens is 2. The molecule has 0 aliphatic carbocycles. The summed E-state index contributed by atoms with van der Waals surface area (Å²) in [6, 6.07) is 2.11. The van der Waals surface area contributed by atoms with Gasteiger partial charge < -0.3 is 29.7 Å². The Balaban J connectivity index is 0.000000129. The topological polar surface area (TPSA) is 218 Å². The van der Waals surface area contributed by atoms with Crippen LogP contribution in [0.1, 0.15) is 92.2 Å². The van der Waals surface area contributed by atoms with E-state index in [1.54, 1.807) is 33.8 Å². The molecule has 0 saturated carbocycles. The normalized spacial score (nSPS) is 24.9. The fraction of sp³-hybridized carbons (Fsp3) is 0.545. The minimum absolute atomic E-state index is 0.102. The first kappa shape index (κ1) is 43.2. The van der Waals surface area contributed by atoms with Gasteiger partial charge in [0.05, 0.1) is 24.1 Å². The molecule has 6 aromatic heterocycles. The lowest BCUT2D eigenvalue weighted by atomic mass is 9.97. The maximum absolute atomic E-state index is 12.8. The maximum atomic E-state index is 12.8. The van der Waals surface area contributed by atoms with Gasteiger partial charge in [0.15, 0.2) is 11.0 Å². The number of rotatable bonds is 7. The van der Waals surface area contributed by atoms with Gasteiger partial charge in [-0.1, -0.05) is 13.8 Å². The SMILES string of the molecule is CC1CN(Cc2cn3cccnc3n2)CC1c1nn2c(C3CCOCC3)ncc2c(=O)[nH]1.CC1CNCC1c1nn2c(C3CCOCC3)ncc2c(=O)[nH]1.ClCC1CN2C=CC=NC2=N1. The van der Waals surface area contributed by atoms with Crippen molar-refractivity contribution in [2.24, 2.45) is 21.8 Å². The maximum Gasteiger partial charge on any atom is 0.276 e. The Bertz CT molecular complexity index is 2800. The molecule has 12 rings (SSSR count). The quantitative estimate of drug-likeness (QED) is 0.197. The Labute approximate surface area is 379 Å². The van der Waals surface area contributed by atoms with Crippen molar-refractivity contribution in [2.75, 3.05) is 65.0 Å². The van der Waals surface area contributed by atoms with Crippen LogP contribution in [0.2, 0.25) is 0 Å². The highest BCUT2D eigenvalue weighted by atomic mass is 35.5. The summed E-state index contributed by atoms with van der Waals surface area (Å²) in [4.78, 5) is 61.9. The van der Waals surface area contributed by atoms with E-state index in [4.69, 9.17) is 31.3 Å². The number of aromatic amines is 2. The number of halogens is 1. The number of hydrogen-bond acceptors (Lipinski definition) is 15. The van der Waals surface area contributed by atoms with Gasteiger partial charge in [-0.25, -0.2) is 39.0 Å². The van der Waals surface area contributed by atoms with Crippen LogP contribution in [-0.4, -0.2) is 147 Å². The molecule has 6 aliphatic rings. The number of aliphatic imine (C=N–C) groups is 2. The molecule has 6 aliphatic heterocycles. The van der Waals surface area contributed by atoms with Crippen LogP contribution in [0, 0.1) is 11.8 Å². The molecule has 0 amide bonds. The van der Waals surface area contributed by atoms with Gasteiger partial charge in [0.1, 0.15) is 23.3 Å². The average molecular weight is 907 g/mol. The van der Waals surface area contributed by atoms with Crippen LogP contribution in [0.5, 0.6) is 0 Å². The van der Waals surface area contributed by atoms with Crippen molar-refractivity contribution in [3.63, 3.8) is 0 Å². The second kappa shape index (κ2) is 19.0. The number of fused-ring (bicyclic) bond motifs is 4. The number of guanidine groups is 1. The van der Waals surface area contributed by atoms with Crippen LogP contribution in [0.4, 0.5) is 0 Å². The fourth-order valence-electron chi connectivity index (χ4n) is 9.74. The molecule has 20 nitrogen and oxygen atoms in total. The minimum Gasteiger partial charge on any atom is -0.381 e. The Hall–Kier alpha value is -5.67. The standard InChI is InChI=1S/C22H26N8O2.C15H21N5O2.C7H8ClN3/c1-14-10-28(11-16-12-29-6-2-5-23-22(29)25-16)13-17(14)19-26-21(31)18-9-24-20(30(18)27-19)15-3-7-32-8-4-15;1-9-6-16-7-11(9)13-18-15(21)12-8-17-14(20(12)19-13)10-2-4-22-5-3-10;8-4-6-5-11-3-1-2-9-7(11)10-6/h2,5-6,9,12,14-15,17H,3-4,7-8,10-11,13H2,1H3,(H,26,27,31);8-11,16H,2-7H2,1H3,(H,18,19,21);1-3,6H,4-5H2. The lowest BCUT2D eigenvalue weighted by Gasteiger charge is -2.21. The molecule has 0 spiro atoms. The van der Waals surface area contributed by atoms with Crippen molar-refractivity contribution in [1.82, 2.24) is 68.6 Å². The average Bonchev–Trinajstić information content (AvgIpc) is 4.20. The predicted molar refractivity (Wildman–Crippen MR) is 244 cm³/mol. The highest BCUT2D eigenvalue weighted by Gasteiger charge is 2.34. The van der Waals surface area contributed by atoms with Crippen LogP contribution in [-0.2, 0) is 16.0 Å². The van der Waals surface area contributed by atoms with Crippen molar-refractivity contribution >= 4 is 40.6 Å². The first-order valence-corrected chi connectivity index (χ1v) is 23.3. The second-order valence-electron chi connectivity index (χ2n) is 17.9. The van der Waals surface area contributed by atoms with Crippen molar-refractivity contribution in [1.29, 1.82) is 0 Å². The first-order valence-electron chi connectivity index (χ1n) is 22.7. The van der Waals surface area contributed by atoms with E-state index in [1.807, 2.05) is 40.0 Å². The van der Waals surface area contributed by atoms with E-state index in [1.165, 1.54) is 0 Å². The van der Waals surface area contributed by atoms with Crippen LogP contribution in [0.25, 0.3) is 16.8 Å². The molecule has 342 valence electrons. The highest BCUT2D eigenvalue weighted by Crippen LogP contribution is 2.32. The third-order valence-electron chi connectivity index (χ3n) is 13.3. The lowest BCUT2D eigenvalue weighted by Crippen LogP contribution is -2.24. The monoisotopic (exact) mass is 906 g/mol. The first-order chi connectivity index (χ1) is 31.8. The zero-order chi connectivity index (χ0) is 44.4. The third kappa shape index (κ3) is 9.14. The van der Waals surface area contributed by atoms with Crippen molar-refractivity contribution in [3.8, 4) is 0 Å². The van der Waals surface area contributed by atoms with Crippen LogP contribution < -0.4 is 16.4 Å². The molecule has 12 heterocycles. The smallest absolute Gasteiger partial charge is 0.276 e. The summed E-state index contributed by atoms with van der Waals surface area (Å²) in [5.74, 6) is 7.16. The predicted octanol–water partition coefficient (Wildman–Crippen LogP) is 3.09. The van der Waals surface area contributed by atoms with Crippen molar-refractivity contribution < 1.29 is 9.47 Å². The Morgan fingerprint density at radius 2 is 1.46 bits per heavy atom. The molecule has 4 fully saturated rings. The van der Waals surface area contributed by atoms with E-state index in [2.05, 4.69) is 64.0 Å². The summed E-state index contributed by atoms with van der Waals surface area (Å²) in [7, 11) is 0. The molecule has 65 heavy (non-hydrogen) atoms. The van der Waals surface area contributed by atoms with E-state index in [9.17, 15) is 9.59 Å². The lowest BCUT2D eigenvalue weighted by molar-refractivity contribution is 0.0831. The number of likely N-dealkylation sites (tertiary alicyclic amines) is 1. The van der Waals surface area contributed by atoms with Gasteiger partial charge in [-0.15, -0.1) is 11.6 Å². The summed E-state index contributed by atoms with van der Waals surface area (Å²) < 4.78 is 16.4. The van der Waals surface area contributed by atoms with E-state index < -0.39 is 0 Å².